The number of rotatable bonds is 42. The summed E-state index contributed by atoms with van der Waals surface area (Å²) in [4.78, 5) is 102. The van der Waals surface area contributed by atoms with E-state index in [-0.39, 0.29) is 92.6 Å². The van der Waals surface area contributed by atoms with Gasteiger partial charge in [-0.05, 0) is 224 Å². The number of halogens is 4. The number of nitrogens with one attached hydrogen (secondary N) is 3. The number of alkyl halides is 4. The second-order valence-electron chi connectivity index (χ2n) is 32.8. The lowest BCUT2D eigenvalue weighted by Gasteiger charge is -2.34. The number of aldehydes is 1. The zero-order chi connectivity index (χ0) is 89.5. The standard InChI is InChI=1S/C28H43F2N5O4S.C28H45N5O5S.C28H43N5O5S.CH2Cl2/c1-20-18-22(34(3)27(31)37)19-21(2)23(20)12-17-40(38,39)35-15-13-28(14-16-35)26(36)32-25(33-28)11-9-7-5-4-6-8-10-24(29)30;2*1-21-19-23(32(3)27(29)36)20-22(2)24(21)12-18-39(37,38)33-15-13-28(14-16-33)26(35)30-25(31-28)11-9-7-5-4-6-8-10-17-34;2-1-3/h18-19,24H,4-17H2,1-3H3,(H2,31,37)(H,32,33,36);19-20,34H,4-18H2,1-3H3,(H2,29,36)(H,30,31,35);17,19-20H,4-16,18H2,1-3H3,(H2,29,36)(H,30,31,35);1H2. The molecule has 3 spiro atoms. The van der Waals surface area contributed by atoms with Crippen LogP contribution in [0.2, 0.25) is 0 Å². The van der Waals surface area contributed by atoms with Crippen LogP contribution in [-0.4, -0.2) is 216 Å². The molecule has 0 unspecified atom stereocenters. The number of aliphatic hydroxyl groups excluding tert-OH is 1. The van der Waals surface area contributed by atoms with Gasteiger partial charge in [0.15, 0.2) is 0 Å². The molecule has 0 saturated carbocycles. The molecule has 9 amide bonds. The van der Waals surface area contributed by atoms with Crippen molar-refractivity contribution < 1.29 is 72.7 Å². The molecular formula is C85H133Cl2F2N15O14S3. The summed E-state index contributed by atoms with van der Waals surface area (Å²) in [5, 5.41) is 17.8. The SMILES string of the molecule is Cc1cc(N(C)C(N)=O)cc(C)c1CCS(=O)(=O)N1CCC2(CC1)N=C(CCCCCCCCC(F)F)NC2=O.Cc1cc(N(C)C(N)=O)cc(C)c1CCS(=O)(=O)N1CCC2(CC1)N=C(CCCCCCCCC=O)NC2=O.Cc1cc(N(C)C(N)=O)cc(C)c1CCS(=O)(=O)N1CCC2(CC1)N=C(CCCCCCCCCO)NC2=O.ClCCl. The molecule has 0 aliphatic carbocycles. The van der Waals surface area contributed by atoms with E-state index in [2.05, 4.69) is 16.0 Å². The van der Waals surface area contributed by atoms with Crippen molar-refractivity contribution >= 4 is 130 Å². The number of unbranched alkanes of at least 4 members (excludes halogenated alkanes) is 17. The Kier molecular flexibility index (Phi) is 41.4. The fourth-order valence-electron chi connectivity index (χ4n) is 16.5. The summed E-state index contributed by atoms with van der Waals surface area (Å²) in [6, 6.07) is 9.35. The number of piperidine rings is 3. The summed E-state index contributed by atoms with van der Waals surface area (Å²) in [7, 11) is -5.76. The van der Waals surface area contributed by atoms with E-state index < -0.39 is 71.2 Å². The monoisotopic (exact) mass is 1790 g/mol. The number of amides is 9. The predicted molar refractivity (Wildman–Crippen MR) is 478 cm³/mol. The van der Waals surface area contributed by atoms with Gasteiger partial charge in [-0.25, -0.2) is 61.3 Å². The maximum atomic E-state index is 13.2. The number of aliphatic hydroxyl groups is 1. The Morgan fingerprint density at radius 3 is 0.901 bits per heavy atom. The van der Waals surface area contributed by atoms with Gasteiger partial charge in [-0.15, -0.1) is 23.2 Å². The average molecular weight is 1790 g/mol. The number of amidine groups is 3. The maximum Gasteiger partial charge on any atom is 0.318 e. The molecule has 10 N–H and O–H groups in total. The van der Waals surface area contributed by atoms with Gasteiger partial charge >= 0.3 is 18.1 Å². The third-order valence-corrected chi connectivity index (χ3v) is 29.7. The van der Waals surface area contributed by atoms with Gasteiger partial charge in [-0.1, -0.05) is 83.5 Å². The van der Waals surface area contributed by atoms with Crippen molar-refractivity contribution in [3.8, 4) is 0 Å². The molecule has 121 heavy (non-hydrogen) atoms. The maximum absolute atomic E-state index is 13.2. The number of aryl methyl sites for hydroxylation is 6. The Morgan fingerprint density at radius 2 is 0.669 bits per heavy atom. The number of primary amides is 3. The highest BCUT2D eigenvalue weighted by atomic mass is 35.5. The van der Waals surface area contributed by atoms with E-state index in [1.165, 1.54) is 27.6 Å². The van der Waals surface area contributed by atoms with Crippen LogP contribution in [-0.2, 0) is 68.5 Å². The molecular weight excluding hydrogens is 1660 g/mol. The minimum Gasteiger partial charge on any atom is -0.396 e. The van der Waals surface area contributed by atoms with Crippen LogP contribution in [0.3, 0.4) is 0 Å². The minimum atomic E-state index is -3.54. The Bertz CT molecular complexity index is 4390. The highest BCUT2D eigenvalue weighted by molar-refractivity contribution is 7.89. The Morgan fingerprint density at radius 1 is 0.438 bits per heavy atom. The summed E-state index contributed by atoms with van der Waals surface area (Å²) >= 11 is 9.53. The lowest BCUT2D eigenvalue weighted by molar-refractivity contribution is -0.125. The van der Waals surface area contributed by atoms with Crippen molar-refractivity contribution in [3.63, 3.8) is 0 Å². The first-order valence-electron chi connectivity index (χ1n) is 42.7. The van der Waals surface area contributed by atoms with Crippen LogP contribution in [0.1, 0.15) is 243 Å². The van der Waals surface area contributed by atoms with Crippen LogP contribution >= 0.6 is 23.2 Å². The summed E-state index contributed by atoms with van der Waals surface area (Å²) < 4.78 is 108. The second kappa shape index (κ2) is 48.8. The van der Waals surface area contributed by atoms with Crippen LogP contribution in [0.15, 0.2) is 51.4 Å². The van der Waals surface area contributed by atoms with E-state index in [1.807, 2.05) is 77.9 Å². The number of sulfonamides is 3. The molecule has 0 atom stereocenters. The summed E-state index contributed by atoms with van der Waals surface area (Å²) in [6.07, 6.45) is 23.5. The van der Waals surface area contributed by atoms with E-state index in [0.29, 0.717) is 106 Å². The number of carbonyl (C=O) groups is 7. The van der Waals surface area contributed by atoms with Crippen LogP contribution in [0, 0.1) is 41.5 Å². The first-order chi connectivity index (χ1) is 57.2. The lowest BCUT2D eigenvalue weighted by atomic mass is 9.89. The molecule has 6 aliphatic heterocycles. The Balaban J connectivity index is 0.000000276. The van der Waals surface area contributed by atoms with E-state index in [9.17, 15) is 67.6 Å². The van der Waals surface area contributed by atoms with Crippen molar-refractivity contribution in [2.45, 2.75) is 276 Å². The van der Waals surface area contributed by atoms with Crippen LogP contribution in [0.4, 0.5) is 40.2 Å². The van der Waals surface area contributed by atoms with Gasteiger partial charge in [0, 0.05) is 116 Å². The van der Waals surface area contributed by atoms with Gasteiger partial charge in [0.05, 0.1) is 22.6 Å². The lowest BCUT2D eigenvalue weighted by Crippen LogP contribution is -2.50. The molecule has 3 aromatic rings. The van der Waals surface area contributed by atoms with Gasteiger partial charge < -0.3 is 43.1 Å². The zero-order valence-electron chi connectivity index (χ0n) is 72.5. The first kappa shape index (κ1) is 102. The molecule has 3 saturated heterocycles. The minimum absolute atomic E-state index is 0.0204. The van der Waals surface area contributed by atoms with Crippen molar-refractivity contribution in [1.29, 1.82) is 0 Å². The fraction of sp³-hybridized carbons (Fsp3) is 0.671. The molecule has 678 valence electrons. The van der Waals surface area contributed by atoms with Crippen molar-refractivity contribution in [3.05, 3.63) is 86.5 Å². The number of hydrogen-bond donors (Lipinski definition) is 7. The number of nitrogens with zero attached hydrogens (tertiary/aromatic N) is 9. The van der Waals surface area contributed by atoms with Gasteiger partial charge in [0.2, 0.25) is 36.5 Å². The third kappa shape index (κ3) is 30.5. The number of urea groups is 3. The Hall–Kier alpha value is -7.31. The van der Waals surface area contributed by atoms with Crippen LogP contribution in [0.5, 0.6) is 0 Å². The van der Waals surface area contributed by atoms with Gasteiger partial charge in [0.1, 0.15) is 40.4 Å². The van der Waals surface area contributed by atoms with Gasteiger partial charge in [-0.3, -0.25) is 44.1 Å². The number of hydrogen-bond acceptors (Lipinski definition) is 17. The molecule has 36 heteroatoms. The van der Waals surface area contributed by atoms with E-state index in [4.69, 9.17) is 60.5 Å². The molecule has 6 aliphatic rings. The van der Waals surface area contributed by atoms with Gasteiger partial charge in [0.25, 0.3) is 17.7 Å². The molecule has 3 fully saturated rings. The topological polar surface area (TPSA) is 413 Å². The van der Waals surface area contributed by atoms with Crippen molar-refractivity contribution in [2.75, 3.05) is 104 Å². The van der Waals surface area contributed by atoms with E-state index >= 15 is 0 Å². The highest BCUT2D eigenvalue weighted by Crippen LogP contribution is 2.37. The van der Waals surface area contributed by atoms with Crippen molar-refractivity contribution in [1.82, 2.24) is 28.9 Å². The van der Waals surface area contributed by atoms with Gasteiger partial charge in [-0.2, -0.15) is 0 Å². The predicted octanol–water partition coefficient (Wildman–Crippen LogP) is 12.4. The van der Waals surface area contributed by atoms with Crippen LogP contribution < -0.4 is 47.9 Å². The number of aliphatic imine (C=N–C) groups is 3. The Labute approximate surface area is 726 Å². The molecule has 29 nitrogen and oxygen atoms in total. The molecule has 0 bridgehead atoms. The molecule has 9 rings (SSSR count). The van der Waals surface area contributed by atoms with E-state index in [0.717, 1.165) is 191 Å². The molecule has 0 aromatic heterocycles. The second-order valence-corrected chi connectivity index (χ2v) is 39.9. The third-order valence-electron chi connectivity index (χ3n) is 24.1. The quantitative estimate of drug-likeness (QED) is 0.0157. The molecule has 6 heterocycles. The molecule has 0 radical (unpaired) electrons. The highest BCUT2D eigenvalue weighted by Gasteiger charge is 2.50. The normalized spacial score (nSPS) is 17.0. The number of nitrogens with two attached hydrogens (primary N) is 3. The average Bonchev–Trinajstić information content (AvgIpc) is 1.66. The molecule has 3 aromatic carbocycles. The summed E-state index contributed by atoms with van der Waals surface area (Å²) in [6.45, 7) is 13.3. The van der Waals surface area contributed by atoms with Crippen LogP contribution in [0.25, 0.3) is 0 Å². The fourth-order valence-corrected chi connectivity index (χ4v) is 20.9. The summed E-state index contributed by atoms with van der Waals surface area (Å²) in [5.74, 6) is 1.64. The number of carbonyl (C=O) groups excluding carboxylic acids is 7. The smallest absolute Gasteiger partial charge is 0.318 e. The van der Waals surface area contributed by atoms with Crippen molar-refractivity contribution in [2.24, 2.45) is 32.2 Å². The number of anilines is 3. The first-order valence-corrected chi connectivity index (χ1v) is 48.6. The zero-order valence-corrected chi connectivity index (χ0v) is 76.4. The largest absolute Gasteiger partial charge is 0.396 e. The number of benzene rings is 3. The summed E-state index contributed by atoms with van der Waals surface area (Å²) in [5.41, 5.74) is 23.8. The van der Waals surface area contributed by atoms with E-state index in [1.54, 1.807) is 21.1 Å².